The molecule has 0 bridgehead atoms. The standard InChI is InChI=1S/C25H40N6O.C6H5F/c32-19-28-24(15-20-3-1-4-20)30-14-7-22(17-30)16-29-12-8-23(9-13-29)31(18-21-5-6-21)25-26-10-2-11-27-25;7-6-4-2-1-3-5-6/h2,10-11,19-24H,1,3-9,12-18H2,(H,28,32);1-5H. The van der Waals surface area contributed by atoms with Crippen LogP contribution in [0.1, 0.15) is 57.8 Å². The van der Waals surface area contributed by atoms with Gasteiger partial charge in [0.05, 0.1) is 6.17 Å². The summed E-state index contributed by atoms with van der Waals surface area (Å²) >= 11 is 0. The molecule has 4 aliphatic rings. The van der Waals surface area contributed by atoms with E-state index in [0.717, 1.165) is 56.2 Å². The molecule has 2 aliphatic heterocycles. The lowest BCUT2D eigenvalue weighted by molar-refractivity contribution is -0.111. The molecular formula is C31H45FN6O. The quantitative estimate of drug-likeness (QED) is 0.425. The molecule has 2 unspecified atom stereocenters. The van der Waals surface area contributed by atoms with Crippen LogP contribution in [0.2, 0.25) is 0 Å². The highest BCUT2D eigenvalue weighted by Gasteiger charge is 2.34. The lowest BCUT2D eigenvalue weighted by Gasteiger charge is -2.39. The highest BCUT2D eigenvalue weighted by Crippen LogP contribution is 2.34. The molecule has 2 saturated heterocycles. The van der Waals surface area contributed by atoms with Crippen molar-refractivity contribution in [2.75, 3.05) is 44.2 Å². The second kappa shape index (κ2) is 14.2. The Morgan fingerprint density at radius 3 is 2.26 bits per heavy atom. The lowest BCUT2D eigenvalue weighted by Crippen LogP contribution is -2.48. The number of nitrogens with one attached hydrogen (secondary N) is 1. The molecule has 7 nitrogen and oxygen atoms in total. The number of likely N-dealkylation sites (tertiary alicyclic amines) is 2. The molecule has 2 aliphatic carbocycles. The van der Waals surface area contributed by atoms with Gasteiger partial charge in [0.2, 0.25) is 12.4 Å². The van der Waals surface area contributed by atoms with E-state index in [0.29, 0.717) is 6.04 Å². The van der Waals surface area contributed by atoms with Gasteiger partial charge in [-0.1, -0.05) is 37.5 Å². The van der Waals surface area contributed by atoms with Crippen LogP contribution in [-0.4, -0.2) is 77.7 Å². The molecule has 0 radical (unpaired) electrons. The second-order valence-corrected chi connectivity index (χ2v) is 12.0. The summed E-state index contributed by atoms with van der Waals surface area (Å²) in [6, 6.07) is 10.4. The lowest BCUT2D eigenvalue weighted by atomic mass is 9.82. The highest BCUT2D eigenvalue weighted by molar-refractivity contribution is 5.46. The number of hydrogen-bond donors (Lipinski definition) is 1. The first-order valence-electron chi connectivity index (χ1n) is 15.1. The topological polar surface area (TPSA) is 64.6 Å². The van der Waals surface area contributed by atoms with E-state index in [4.69, 9.17) is 0 Å². The first kappa shape index (κ1) is 28.0. The van der Waals surface area contributed by atoms with Crippen molar-refractivity contribution < 1.29 is 9.18 Å². The third-order valence-corrected chi connectivity index (χ3v) is 9.01. The molecule has 1 amide bonds. The van der Waals surface area contributed by atoms with Gasteiger partial charge >= 0.3 is 0 Å². The first-order valence-corrected chi connectivity index (χ1v) is 15.1. The van der Waals surface area contributed by atoms with E-state index >= 15 is 0 Å². The maximum absolute atomic E-state index is 11.9. The van der Waals surface area contributed by atoms with E-state index in [-0.39, 0.29) is 12.0 Å². The Hall–Kier alpha value is -2.58. The fraction of sp³-hybridized carbons (Fsp3) is 0.645. The van der Waals surface area contributed by atoms with Crippen molar-refractivity contribution in [3.05, 3.63) is 54.6 Å². The normalized spacial score (nSPS) is 23.4. The van der Waals surface area contributed by atoms with E-state index in [1.807, 2.05) is 18.5 Å². The maximum atomic E-state index is 11.9. The Morgan fingerprint density at radius 2 is 1.67 bits per heavy atom. The van der Waals surface area contributed by atoms with Crippen LogP contribution in [0.5, 0.6) is 0 Å². The zero-order valence-corrected chi connectivity index (χ0v) is 23.2. The summed E-state index contributed by atoms with van der Waals surface area (Å²) < 4.78 is 11.9. The zero-order chi connectivity index (χ0) is 26.9. The summed E-state index contributed by atoms with van der Waals surface area (Å²) in [4.78, 5) is 28.0. The van der Waals surface area contributed by atoms with Gasteiger partial charge in [-0.3, -0.25) is 9.69 Å². The largest absolute Gasteiger partial charge is 0.343 e. The summed E-state index contributed by atoms with van der Waals surface area (Å²) in [5.41, 5.74) is 0. The molecule has 2 saturated carbocycles. The van der Waals surface area contributed by atoms with E-state index in [1.54, 1.807) is 18.2 Å². The van der Waals surface area contributed by atoms with Gasteiger partial charge in [-0.15, -0.1) is 0 Å². The summed E-state index contributed by atoms with van der Waals surface area (Å²) in [7, 11) is 0. The van der Waals surface area contributed by atoms with Gasteiger partial charge < -0.3 is 15.1 Å². The van der Waals surface area contributed by atoms with Crippen molar-refractivity contribution >= 4 is 12.4 Å². The molecular weight excluding hydrogens is 491 g/mol. The molecule has 1 N–H and O–H groups in total. The SMILES string of the molecule is Fc1ccccc1.O=CNC(CC1CCC1)N1CCC(CN2CCC(N(CC3CC3)c3ncccn3)CC2)C1. The van der Waals surface area contributed by atoms with Crippen LogP contribution in [0.4, 0.5) is 10.3 Å². The van der Waals surface area contributed by atoms with Crippen molar-refractivity contribution in [3.8, 4) is 0 Å². The second-order valence-electron chi connectivity index (χ2n) is 12.0. The van der Waals surface area contributed by atoms with Gasteiger partial charge in [0.15, 0.2) is 0 Å². The van der Waals surface area contributed by atoms with Gasteiger partial charge in [-0.2, -0.15) is 0 Å². The molecule has 2 aromatic rings. The van der Waals surface area contributed by atoms with Gasteiger partial charge in [0, 0.05) is 57.7 Å². The van der Waals surface area contributed by atoms with E-state index < -0.39 is 0 Å². The fourth-order valence-corrected chi connectivity index (χ4v) is 6.35. The molecule has 212 valence electrons. The van der Waals surface area contributed by atoms with E-state index in [9.17, 15) is 9.18 Å². The van der Waals surface area contributed by atoms with Crippen LogP contribution in [0.25, 0.3) is 0 Å². The monoisotopic (exact) mass is 536 g/mol. The molecule has 2 atom stereocenters. The van der Waals surface area contributed by atoms with Gasteiger partial charge in [-0.25, -0.2) is 14.4 Å². The molecule has 6 rings (SSSR count). The number of aromatic nitrogens is 2. The minimum absolute atomic E-state index is 0.178. The van der Waals surface area contributed by atoms with Crippen LogP contribution in [-0.2, 0) is 4.79 Å². The number of hydrogen-bond acceptors (Lipinski definition) is 6. The Labute approximate surface area is 233 Å². The van der Waals surface area contributed by atoms with Crippen LogP contribution < -0.4 is 10.2 Å². The number of carbonyl (C=O) groups excluding carboxylic acids is 1. The van der Waals surface area contributed by atoms with Crippen molar-refractivity contribution in [2.24, 2.45) is 17.8 Å². The number of carbonyl (C=O) groups is 1. The Bertz CT molecular complexity index is 981. The van der Waals surface area contributed by atoms with Crippen molar-refractivity contribution in [1.29, 1.82) is 0 Å². The fourth-order valence-electron chi connectivity index (χ4n) is 6.35. The smallest absolute Gasteiger partial charge is 0.225 e. The summed E-state index contributed by atoms with van der Waals surface area (Å²) in [5, 5.41) is 3.12. The minimum Gasteiger partial charge on any atom is -0.343 e. The third kappa shape index (κ3) is 8.45. The van der Waals surface area contributed by atoms with Gasteiger partial charge in [-0.05, 0) is 74.5 Å². The van der Waals surface area contributed by atoms with Crippen LogP contribution in [0.15, 0.2) is 48.8 Å². The van der Waals surface area contributed by atoms with Crippen LogP contribution >= 0.6 is 0 Å². The number of rotatable bonds is 11. The zero-order valence-electron chi connectivity index (χ0n) is 23.2. The highest BCUT2D eigenvalue weighted by atomic mass is 19.1. The predicted octanol–water partition coefficient (Wildman–Crippen LogP) is 4.57. The summed E-state index contributed by atoms with van der Waals surface area (Å²) in [6.45, 7) is 6.92. The average molecular weight is 537 g/mol. The average Bonchev–Trinajstić information content (AvgIpc) is 3.66. The maximum Gasteiger partial charge on any atom is 0.225 e. The minimum atomic E-state index is -0.178. The number of nitrogens with zero attached hydrogens (tertiary/aromatic N) is 5. The molecule has 1 aromatic carbocycles. The Morgan fingerprint density at radius 1 is 0.923 bits per heavy atom. The Balaban J connectivity index is 0.000000384. The van der Waals surface area contributed by atoms with Crippen molar-refractivity contribution in [3.63, 3.8) is 0 Å². The molecule has 0 spiro atoms. The first-order chi connectivity index (χ1) is 19.2. The van der Waals surface area contributed by atoms with Gasteiger partial charge in [0.25, 0.3) is 0 Å². The third-order valence-electron chi connectivity index (χ3n) is 9.01. The van der Waals surface area contributed by atoms with Crippen LogP contribution in [0.3, 0.4) is 0 Å². The summed E-state index contributed by atoms with van der Waals surface area (Å²) in [6.07, 6.45) is 16.5. The number of halogens is 1. The van der Waals surface area contributed by atoms with E-state index in [1.165, 1.54) is 83.1 Å². The van der Waals surface area contributed by atoms with Crippen molar-refractivity contribution in [1.82, 2.24) is 25.1 Å². The molecule has 39 heavy (non-hydrogen) atoms. The molecule has 3 heterocycles. The van der Waals surface area contributed by atoms with E-state index in [2.05, 4.69) is 30.0 Å². The van der Waals surface area contributed by atoms with Crippen LogP contribution in [0, 0.1) is 23.6 Å². The number of amides is 1. The molecule has 4 fully saturated rings. The summed E-state index contributed by atoms with van der Waals surface area (Å²) in [5.74, 6) is 3.13. The van der Waals surface area contributed by atoms with Gasteiger partial charge in [0.1, 0.15) is 5.82 Å². The van der Waals surface area contributed by atoms with Crippen molar-refractivity contribution in [2.45, 2.75) is 70.0 Å². The molecule has 8 heteroatoms. The molecule has 1 aromatic heterocycles. The number of anilines is 1. The number of benzene rings is 1. The Kier molecular flexibility index (Phi) is 10.2. The predicted molar refractivity (Wildman–Crippen MR) is 153 cm³/mol. The number of piperidine rings is 1.